The molecule has 0 bridgehead atoms. The first kappa shape index (κ1) is 33.5. The van der Waals surface area contributed by atoms with Gasteiger partial charge in [-0.1, -0.05) is 182 Å². The summed E-state index contributed by atoms with van der Waals surface area (Å²) in [7, 11) is -2.81. The smallest absolute Gasteiger partial charge is 0.181 e. The van der Waals surface area contributed by atoms with E-state index in [1.54, 1.807) is 0 Å². The number of nitrogens with zero attached hydrogens (tertiary/aromatic N) is 1. The first-order valence-electron chi connectivity index (χ1n) is 19.6. The van der Waals surface area contributed by atoms with Gasteiger partial charge in [0.2, 0.25) is 0 Å². The van der Waals surface area contributed by atoms with Gasteiger partial charge in [0.1, 0.15) is 0 Å². The first-order chi connectivity index (χ1) is 28.3. The van der Waals surface area contributed by atoms with E-state index in [-0.39, 0.29) is 0 Å². The second kappa shape index (κ2) is 13.8. The highest BCUT2D eigenvalue weighted by atomic mass is 32.1. The third kappa shape index (κ3) is 5.43. The molecule has 268 valence electrons. The van der Waals surface area contributed by atoms with Crippen LogP contribution >= 0.6 is 11.3 Å². The molecule has 9 aromatic carbocycles. The summed E-state index contributed by atoms with van der Waals surface area (Å²) in [5.74, 6) is 0. The highest BCUT2D eigenvalue weighted by molar-refractivity contribution is 7.28. The lowest BCUT2D eigenvalue weighted by Crippen LogP contribution is -2.72. The van der Waals surface area contributed by atoms with Crippen LogP contribution in [0, 0.1) is 0 Å². The SMILES string of the molecule is c1ccc(-c2ccc(N(c3cccc(-c4ccccc4)c3)c3ccc4c(c3)[Si](c3ccccc3)(c3ccccc3)c3ccc5c(sc6ccccc65)c3-4)cc2)cc1. The number of fused-ring (bicyclic) bond motifs is 7. The summed E-state index contributed by atoms with van der Waals surface area (Å²) in [5.41, 5.74) is 11.0. The quantitative estimate of drug-likeness (QED) is 0.146. The first-order valence-corrected chi connectivity index (χ1v) is 22.4. The molecule has 0 unspecified atom stereocenters. The van der Waals surface area contributed by atoms with E-state index >= 15 is 0 Å². The van der Waals surface area contributed by atoms with Crippen molar-refractivity contribution in [3.05, 3.63) is 224 Å². The topological polar surface area (TPSA) is 3.24 Å². The molecule has 0 N–H and O–H groups in total. The zero-order chi connectivity index (χ0) is 37.8. The average Bonchev–Trinajstić information content (AvgIpc) is 3.82. The standard InChI is InChI=1S/C54H37NSSi/c1-5-16-38(17-6-1)40-28-30-42(31-29-40)55(43-21-15-20-41(36-43)39-18-7-2-8-19-39)44-32-33-49-52(37-44)57(45-22-9-3-10-23-45,46-24-11-4-12-25-46)51-35-34-48-47-26-13-14-27-50(47)56-54(48)53(49)51/h1-37H. The van der Waals surface area contributed by atoms with E-state index in [4.69, 9.17) is 0 Å². The Kier molecular flexibility index (Phi) is 8.09. The summed E-state index contributed by atoms with van der Waals surface area (Å²) in [6.45, 7) is 0. The number of hydrogen-bond donors (Lipinski definition) is 0. The van der Waals surface area contributed by atoms with Crippen LogP contribution in [0.3, 0.4) is 0 Å². The molecule has 11 rings (SSSR count). The van der Waals surface area contributed by atoms with Crippen LogP contribution in [0.4, 0.5) is 17.1 Å². The molecular formula is C54H37NSSi. The van der Waals surface area contributed by atoms with Gasteiger partial charge in [-0.05, 0) is 96.6 Å². The maximum Gasteiger partial charge on any atom is 0.181 e. The lowest BCUT2D eigenvalue weighted by Gasteiger charge is -2.33. The highest BCUT2D eigenvalue weighted by Gasteiger charge is 2.49. The van der Waals surface area contributed by atoms with Crippen molar-refractivity contribution in [1.82, 2.24) is 0 Å². The molecule has 0 spiro atoms. The van der Waals surface area contributed by atoms with E-state index in [0.717, 1.165) is 17.1 Å². The van der Waals surface area contributed by atoms with Crippen molar-refractivity contribution < 1.29 is 0 Å². The second-order valence-corrected chi connectivity index (χ2v) is 19.6. The minimum absolute atomic E-state index is 1.12. The molecule has 3 heteroatoms. The molecule has 2 heterocycles. The Morgan fingerprint density at radius 3 is 1.58 bits per heavy atom. The van der Waals surface area contributed by atoms with Crippen LogP contribution in [-0.4, -0.2) is 8.07 Å². The van der Waals surface area contributed by atoms with Crippen molar-refractivity contribution in [2.24, 2.45) is 0 Å². The van der Waals surface area contributed by atoms with E-state index in [0.29, 0.717) is 0 Å². The molecule has 0 fully saturated rings. The molecule has 1 aliphatic heterocycles. The lowest BCUT2D eigenvalue weighted by molar-refractivity contribution is 1.29. The van der Waals surface area contributed by atoms with Crippen LogP contribution in [0.5, 0.6) is 0 Å². The average molecular weight is 760 g/mol. The summed E-state index contributed by atoms with van der Waals surface area (Å²) in [6.07, 6.45) is 0. The molecule has 57 heavy (non-hydrogen) atoms. The van der Waals surface area contributed by atoms with Crippen LogP contribution in [0.2, 0.25) is 0 Å². The summed E-state index contributed by atoms with van der Waals surface area (Å²) in [5, 5.41) is 8.38. The van der Waals surface area contributed by atoms with Gasteiger partial charge in [0, 0.05) is 37.2 Å². The predicted octanol–water partition coefficient (Wildman–Crippen LogP) is 12.2. The molecule has 1 nitrogen and oxygen atoms in total. The van der Waals surface area contributed by atoms with E-state index in [2.05, 4.69) is 229 Å². The summed E-state index contributed by atoms with van der Waals surface area (Å²) in [6, 6.07) is 83.2. The minimum Gasteiger partial charge on any atom is -0.310 e. The number of rotatable bonds is 7. The third-order valence-corrected chi connectivity index (χ3v) is 17.8. The fourth-order valence-electron chi connectivity index (χ4n) is 9.21. The maximum absolute atomic E-state index is 2.81. The molecular weight excluding hydrogens is 723 g/mol. The molecule has 0 saturated heterocycles. The van der Waals surface area contributed by atoms with Crippen LogP contribution in [-0.2, 0) is 0 Å². The number of anilines is 3. The van der Waals surface area contributed by atoms with Crippen molar-refractivity contribution in [1.29, 1.82) is 0 Å². The van der Waals surface area contributed by atoms with E-state index < -0.39 is 8.07 Å². The molecule has 0 atom stereocenters. The number of hydrogen-bond acceptors (Lipinski definition) is 2. The van der Waals surface area contributed by atoms with Crippen LogP contribution in [0.1, 0.15) is 0 Å². The fraction of sp³-hybridized carbons (Fsp3) is 0. The van der Waals surface area contributed by atoms with Crippen LogP contribution in [0.25, 0.3) is 53.6 Å². The lowest BCUT2D eigenvalue weighted by atomic mass is 10.0. The molecule has 1 aliphatic rings. The molecule has 0 radical (unpaired) electrons. The Hall–Kier alpha value is -6.78. The van der Waals surface area contributed by atoms with Gasteiger partial charge >= 0.3 is 0 Å². The summed E-state index contributed by atoms with van der Waals surface area (Å²) in [4.78, 5) is 2.45. The fourth-order valence-corrected chi connectivity index (χ4v) is 15.8. The summed E-state index contributed by atoms with van der Waals surface area (Å²) >= 11 is 1.94. The third-order valence-electron chi connectivity index (χ3n) is 11.7. The summed E-state index contributed by atoms with van der Waals surface area (Å²) < 4.78 is 2.72. The Balaban J connectivity index is 1.19. The number of thiophene rings is 1. The van der Waals surface area contributed by atoms with Gasteiger partial charge in [0.05, 0.1) is 0 Å². The van der Waals surface area contributed by atoms with Crippen molar-refractivity contribution in [3.63, 3.8) is 0 Å². The van der Waals surface area contributed by atoms with Gasteiger partial charge in [-0.3, -0.25) is 0 Å². The second-order valence-electron chi connectivity index (χ2n) is 14.8. The normalized spacial score (nSPS) is 12.7. The monoisotopic (exact) mass is 759 g/mol. The molecule has 0 amide bonds. The Labute approximate surface area is 338 Å². The minimum atomic E-state index is -2.81. The van der Waals surface area contributed by atoms with Gasteiger partial charge in [0.15, 0.2) is 8.07 Å². The van der Waals surface area contributed by atoms with Crippen molar-refractivity contribution >= 4 is 77.4 Å². The van der Waals surface area contributed by atoms with E-state index in [1.165, 1.54) is 74.3 Å². The maximum atomic E-state index is 2.54. The van der Waals surface area contributed by atoms with Gasteiger partial charge < -0.3 is 4.90 Å². The van der Waals surface area contributed by atoms with Crippen molar-refractivity contribution in [2.75, 3.05) is 4.90 Å². The zero-order valence-electron chi connectivity index (χ0n) is 31.2. The van der Waals surface area contributed by atoms with Crippen LogP contribution < -0.4 is 25.6 Å². The van der Waals surface area contributed by atoms with Gasteiger partial charge in [-0.15, -0.1) is 11.3 Å². The largest absolute Gasteiger partial charge is 0.310 e. The van der Waals surface area contributed by atoms with Crippen molar-refractivity contribution in [2.45, 2.75) is 0 Å². The Morgan fingerprint density at radius 2 is 0.895 bits per heavy atom. The number of benzene rings is 9. The van der Waals surface area contributed by atoms with Gasteiger partial charge in [-0.2, -0.15) is 0 Å². The van der Waals surface area contributed by atoms with E-state index in [1.807, 2.05) is 11.3 Å². The highest BCUT2D eigenvalue weighted by Crippen LogP contribution is 2.44. The molecule has 1 aromatic heterocycles. The molecule has 10 aromatic rings. The van der Waals surface area contributed by atoms with Gasteiger partial charge in [-0.25, -0.2) is 0 Å². The molecule has 0 aliphatic carbocycles. The Morgan fingerprint density at radius 1 is 0.351 bits per heavy atom. The van der Waals surface area contributed by atoms with Gasteiger partial charge in [0.25, 0.3) is 0 Å². The van der Waals surface area contributed by atoms with E-state index in [9.17, 15) is 0 Å². The zero-order valence-corrected chi connectivity index (χ0v) is 33.0. The molecule has 0 saturated carbocycles. The Bertz CT molecular complexity index is 3010. The van der Waals surface area contributed by atoms with Crippen LogP contribution in [0.15, 0.2) is 224 Å². The van der Waals surface area contributed by atoms with Crippen molar-refractivity contribution in [3.8, 4) is 33.4 Å². The predicted molar refractivity (Wildman–Crippen MR) is 247 cm³/mol.